The van der Waals surface area contributed by atoms with E-state index >= 15 is 0 Å². The summed E-state index contributed by atoms with van der Waals surface area (Å²) in [4.78, 5) is 89.8. The average molecular weight is 774 g/mol. The number of likely N-dealkylation sites (N-methyl/N-ethyl adjacent to an activating group) is 6. The van der Waals surface area contributed by atoms with E-state index in [1.807, 2.05) is 71.7 Å². The summed E-state index contributed by atoms with van der Waals surface area (Å²) >= 11 is 0. The Kier molecular flexibility index (Phi) is 12.7. The largest absolute Gasteiger partial charge is 0.368 e. The van der Waals surface area contributed by atoms with E-state index < -0.39 is 30.1 Å². The number of primary amides is 1. The van der Waals surface area contributed by atoms with E-state index in [2.05, 4.69) is 26.6 Å². The molecule has 19 nitrogen and oxygen atoms in total. The van der Waals surface area contributed by atoms with Gasteiger partial charge in [0.05, 0.1) is 36.3 Å². The third-order valence-electron chi connectivity index (χ3n) is 12.9. The second-order valence-electron chi connectivity index (χ2n) is 17.3. The van der Waals surface area contributed by atoms with Gasteiger partial charge in [-0.1, -0.05) is 0 Å². The summed E-state index contributed by atoms with van der Waals surface area (Å²) in [5, 5.41) is 15.6. The molecule has 6 heterocycles. The summed E-state index contributed by atoms with van der Waals surface area (Å²) in [6.45, 7) is 3.39. The van der Waals surface area contributed by atoms with Crippen LogP contribution in [0.2, 0.25) is 0 Å². The van der Waals surface area contributed by atoms with Gasteiger partial charge in [0.25, 0.3) is 0 Å². The smallest absolute Gasteiger partial charge is 0.237 e. The maximum absolute atomic E-state index is 13.5. The average Bonchev–Trinajstić information content (AvgIpc) is 3.94. The van der Waals surface area contributed by atoms with Crippen LogP contribution in [0, 0.1) is 0 Å². The third kappa shape index (κ3) is 9.40. The van der Waals surface area contributed by atoms with E-state index in [0.717, 1.165) is 0 Å². The van der Waals surface area contributed by atoms with Crippen LogP contribution >= 0.6 is 0 Å². The van der Waals surface area contributed by atoms with Crippen molar-refractivity contribution in [2.75, 3.05) is 81.6 Å². The molecule has 0 aliphatic carbocycles. The van der Waals surface area contributed by atoms with Crippen LogP contribution in [0.4, 0.5) is 0 Å². The lowest BCUT2D eigenvalue weighted by Crippen LogP contribution is -2.47. The van der Waals surface area contributed by atoms with E-state index in [9.17, 15) is 28.8 Å². The second-order valence-corrected chi connectivity index (χ2v) is 17.3. The number of nitrogens with two attached hydrogens (primary N) is 2. The molecule has 6 aliphatic rings. The topological polar surface area (TPSA) is 234 Å². The lowest BCUT2D eigenvalue weighted by atomic mass is 10.1. The molecule has 0 aromatic rings. The molecule has 12 atom stereocenters. The second kappa shape index (κ2) is 17.0. The highest BCUT2D eigenvalue weighted by atomic mass is 16.2. The summed E-state index contributed by atoms with van der Waals surface area (Å²) < 4.78 is 0. The fourth-order valence-corrected chi connectivity index (χ4v) is 9.91. The highest BCUT2D eigenvalue weighted by Gasteiger charge is 2.44. The Morgan fingerprint density at radius 1 is 0.382 bits per heavy atom. The van der Waals surface area contributed by atoms with Gasteiger partial charge in [0.15, 0.2) is 0 Å². The summed E-state index contributed by atoms with van der Waals surface area (Å²) in [5.41, 5.74) is 11.5. The number of hydrogen-bond acceptors (Lipinski definition) is 13. The molecule has 19 heteroatoms. The van der Waals surface area contributed by atoms with Crippen LogP contribution in [0.1, 0.15) is 38.5 Å². The van der Waals surface area contributed by atoms with E-state index in [-0.39, 0.29) is 77.9 Å². The zero-order chi connectivity index (χ0) is 39.9. The maximum atomic E-state index is 13.5. The Morgan fingerprint density at radius 3 is 0.818 bits per heavy atom. The summed E-state index contributed by atoms with van der Waals surface area (Å²) in [5.74, 6) is -0.932. The summed E-state index contributed by atoms with van der Waals surface area (Å²) in [7, 11) is 11.2. The van der Waals surface area contributed by atoms with Gasteiger partial charge in [0.1, 0.15) is 0 Å². The zero-order valence-electron chi connectivity index (χ0n) is 33.2. The van der Waals surface area contributed by atoms with Crippen molar-refractivity contribution < 1.29 is 28.8 Å². The Hall–Kier alpha value is -3.46. The van der Waals surface area contributed by atoms with E-state index in [1.165, 1.54) is 0 Å². The first-order chi connectivity index (χ1) is 26.0. The van der Waals surface area contributed by atoms with Gasteiger partial charge in [0, 0.05) is 75.5 Å². The number of hydrogen-bond donors (Lipinski definition) is 7. The SMILES string of the molecule is CN1C[C@@H](NC(=O)[C@@H]2C[C@H](NC(=O)[C@@H]3C[C@H](NC(=O)[C@@H]4C[C@H](NC(=O)[C@@H]5C[C@H](NC(=O)[C@@H]6C[C@H](N)CN6C)CN5C)CN4C)CN3C)CN2C)C[C@H]1C(N)=O. The van der Waals surface area contributed by atoms with Gasteiger partial charge in [-0.2, -0.15) is 0 Å². The molecule has 0 aromatic heterocycles. The molecule has 0 aromatic carbocycles. The van der Waals surface area contributed by atoms with Crippen molar-refractivity contribution in [1.82, 2.24) is 56.0 Å². The van der Waals surface area contributed by atoms with Crippen molar-refractivity contribution in [3.8, 4) is 0 Å². The number of amides is 6. The molecule has 0 bridgehead atoms. The molecular weight excluding hydrogens is 710 g/mol. The van der Waals surface area contributed by atoms with Gasteiger partial charge < -0.3 is 38.1 Å². The molecule has 6 saturated heterocycles. The Morgan fingerprint density at radius 2 is 0.600 bits per heavy atom. The molecule has 0 saturated carbocycles. The predicted octanol–water partition coefficient (Wildman–Crippen LogP) is -5.55. The van der Waals surface area contributed by atoms with Crippen LogP contribution < -0.4 is 38.1 Å². The molecule has 0 radical (unpaired) electrons. The fraction of sp³-hybridized carbons (Fsp3) is 0.833. The monoisotopic (exact) mass is 774 g/mol. The van der Waals surface area contributed by atoms with Crippen molar-refractivity contribution >= 4 is 35.4 Å². The maximum Gasteiger partial charge on any atom is 0.237 e. The van der Waals surface area contributed by atoms with Gasteiger partial charge in [-0.3, -0.25) is 58.2 Å². The number of carbonyl (C=O) groups excluding carboxylic acids is 6. The van der Waals surface area contributed by atoms with Crippen LogP contribution in [-0.4, -0.2) is 219 Å². The molecule has 0 spiro atoms. The first-order valence-corrected chi connectivity index (χ1v) is 19.8. The van der Waals surface area contributed by atoms with Crippen LogP contribution in [-0.2, 0) is 28.8 Å². The standard InChI is InChI=1S/C36H63N13O6/c1-44-13-19(37)7-26(44)32(51)40-21-9-28(46(3)15-21)34(53)42-23-11-30(48(5)17-23)36(55)43-24-12-29(49(6)18-24)35(54)41-22-10-27(47(4)16-22)33(52)39-20-8-25(31(38)50)45(2)14-20/h19-30H,7-18,37H2,1-6H3,(H2,38,50)(H,39,52)(H,40,51)(H,41,54)(H,42,53)(H,43,55)/t19-,20-,21-,22-,23-,24-,25-,26-,27-,28-,29-,30-/m0/s1. The van der Waals surface area contributed by atoms with E-state index in [0.29, 0.717) is 77.8 Å². The minimum absolute atomic E-state index is 0.0156. The molecule has 6 fully saturated rings. The van der Waals surface area contributed by atoms with Crippen LogP contribution in [0.3, 0.4) is 0 Å². The van der Waals surface area contributed by atoms with Crippen molar-refractivity contribution in [2.24, 2.45) is 11.5 Å². The Balaban J connectivity index is 0.918. The lowest BCUT2D eigenvalue weighted by Gasteiger charge is -2.21. The molecule has 6 rings (SSSR count). The van der Waals surface area contributed by atoms with Crippen LogP contribution in [0.5, 0.6) is 0 Å². The molecule has 55 heavy (non-hydrogen) atoms. The zero-order valence-corrected chi connectivity index (χ0v) is 33.2. The van der Waals surface area contributed by atoms with E-state index in [1.54, 1.807) is 0 Å². The normalized spacial score (nSPS) is 38.0. The third-order valence-corrected chi connectivity index (χ3v) is 12.9. The molecule has 6 amide bonds. The van der Waals surface area contributed by atoms with Crippen molar-refractivity contribution in [3.05, 3.63) is 0 Å². The van der Waals surface area contributed by atoms with Crippen LogP contribution in [0.15, 0.2) is 0 Å². The van der Waals surface area contributed by atoms with Gasteiger partial charge in [-0.05, 0) is 80.8 Å². The number of rotatable bonds is 11. The Bertz CT molecular complexity index is 1490. The highest BCUT2D eigenvalue weighted by Crippen LogP contribution is 2.24. The summed E-state index contributed by atoms with van der Waals surface area (Å²) in [6.07, 6.45) is 3.02. The van der Waals surface area contributed by atoms with Crippen molar-refractivity contribution in [3.63, 3.8) is 0 Å². The first kappa shape index (κ1) is 41.2. The number of nitrogens with zero attached hydrogens (tertiary/aromatic N) is 6. The summed E-state index contributed by atoms with van der Waals surface area (Å²) in [6, 6.07) is -3.21. The van der Waals surface area contributed by atoms with Crippen molar-refractivity contribution in [2.45, 2.75) is 111 Å². The first-order valence-electron chi connectivity index (χ1n) is 19.8. The number of carbonyl (C=O) groups is 6. The molecular formula is C36H63N13O6. The minimum atomic E-state index is -0.426. The van der Waals surface area contributed by atoms with Gasteiger partial charge in [-0.15, -0.1) is 0 Å². The molecule has 0 unspecified atom stereocenters. The van der Waals surface area contributed by atoms with Crippen LogP contribution in [0.25, 0.3) is 0 Å². The van der Waals surface area contributed by atoms with Gasteiger partial charge in [-0.25, -0.2) is 0 Å². The Labute approximate surface area is 323 Å². The molecule has 308 valence electrons. The molecule has 6 aliphatic heterocycles. The van der Waals surface area contributed by atoms with Gasteiger partial charge >= 0.3 is 0 Å². The highest BCUT2D eigenvalue weighted by molar-refractivity contribution is 5.87. The quantitative estimate of drug-likeness (QED) is 0.104. The van der Waals surface area contributed by atoms with Gasteiger partial charge in [0.2, 0.25) is 35.4 Å². The number of likely N-dealkylation sites (tertiary alicyclic amines) is 6. The minimum Gasteiger partial charge on any atom is -0.368 e. The van der Waals surface area contributed by atoms with E-state index in [4.69, 9.17) is 11.5 Å². The molecule has 9 N–H and O–H groups in total. The fourth-order valence-electron chi connectivity index (χ4n) is 9.91. The lowest BCUT2D eigenvalue weighted by molar-refractivity contribution is -0.127. The predicted molar refractivity (Wildman–Crippen MR) is 203 cm³/mol. The number of nitrogens with one attached hydrogen (secondary N) is 5. The van der Waals surface area contributed by atoms with Crippen molar-refractivity contribution in [1.29, 1.82) is 0 Å².